The quantitative estimate of drug-likeness (QED) is 0.0243. The number of aliphatic hydroxyl groups is 1. The van der Waals surface area contributed by atoms with Crippen molar-refractivity contribution in [2.45, 2.75) is 270 Å². The summed E-state index contributed by atoms with van der Waals surface area (Å²) in [6.45, 7) is 4.82. The van der Waals surface area contributed by atoms with E-state index in [1.165, 1.54) is 180 Å². The zero-order valence-electron chi connectivity index (χ0n) is 44.2. The second kappa shape index (κ2) is 48.5. The molecule has 0 aliphatic carbocycles. The van der Waals surface area contributed by atoms with E-state index in [4.69, 9.17) is 9.05 Å². The first-order chi connectivity index (χ1) is 32.0. The normalized spacial score (nSPS) is 14.3. The fourth-order valence-corrected chi connectivity index (χ4v) is 8.84. The maximum Gasteiger partial charge on any atom is 0.472 e. The molecule has 0 saturated carbocycles. The molecule has 0 radical (unpaired) electrons. The highest BCUT2D eigenvalue weighted by atomic mass is 31.2. The molecule has 0 saturated heterocycles. The summed E-state index contributed by atoms with van der Waals surface area (Å²) >= 11 is 0. The molecule has 0 aromatic rings. The molecule has 9 heteroatoms. The number of unbranched alkanes of at least 4 members (excludes halogenated alkanes) is 32. The van der Waals surface area contributed by atoms with E-state index in [0.29, 0.717) is 17.4 Å². The van der Waals surface area contributed by atoms with Gasteiger partial charge < -0.3 is 19.8 Å². The van der Waals surface area contributed by atoms with E-state index in [1.807, 2.05) is 27.2 Å². The molecule has 0 fully saturated rings. The Hall–Kier alpha value is -1.54. The fraction of sp³-hybridized carbons (Fsp3) is 0.842. The van der Waals surface area contributed by atoms with Gasteiger partial charge in [-0.2, -0.15) is 0 Å². The number of likely N-dealkylation sites (N-methyl/N-ethyl adjacent to an activating group) is 1. The summed E-state index contributed by atoms with van der Waals surface area (Å²) in [4.78, 5) is 23.3. The Morgan fingerprint density at radius 1 is 0.515 bits per heavy atom. The highest BCUT2D eigenvalue weighted by Crippen LogP contribution is 2.43. The van der Waals surface area contributed by atoms with Crippen LogP contribution in [-0.4, -0.2) is 73.4 Å². The molecule has 0 aromatic carbocycles. The van der Waals surface area contributed by atoms with Crippen molar-refractivity contribution in [3.05, 3.63) is 48.6 Å². The lowest BCUT2D eigenvalue weighted by atomic mass is 10.0. The Labute approximate surface area is 409 Å². The van der Waals surface area contributed by atoms with Gasteiger partial charge in [0.2, 0.25) is 5.91 Å². The first-order valence-electron chi connectivity index (χ1n) is 28.0. The highest BCUT2D eigenvalue weighted by Gasteiger charge is 2.27. The Balaban J connectivity index is 4.27. The lowest BCUT2D eigenvalue weighted by Crippen LogP contribution is -2.45. The van der Waals surface area contributed by atoms with Crippen LogP contribution in [0.15, 0.2) is 48.6 Å². The number of aliphatic hydroxyl groups excluding tert-OH is 1. The van der Waals surface area contributed by atoms with E-state index in [9.17, 15) is 19.4 Å². The molecule has 0 rings (SSSR count). The summed E-state index contributed by atoms with van der Waals surface area (Å²) in [6.07, 6.45) is 63.4. The van der Waals surface area contributed by atoms with E-state index in [1.54, 1.807) is 6.08 Å². The van der Waals surface area contributed by atoms with Crippen molar-refractivity contribution < 1.29 is 32.9 Å². The zero-order chi connectivity index (χ0) is 48.5. The number of phosphoric acid groups is 1. The molecular formula is C57H110N2O6P+. The van der Waals surface area contributed by atoms with Crippen molar-refractivity contribution in [3.63, 3.8) is 0 Å². The van der Waals surface area contributed by atoms with Crippen LogP contribution in [0.5, 0.6) is 0 Å². The minimum absolute atomic E-state index is 0.0591. The average molecular weight is 950 g/mol. The number of amides is 1. The van der Waals surface area contributed by atoms with Crippen LogP contribution in [0.3, 0.4) is 0 Å². The fourth-order valence-electron chi connectivity index (χ4n) is 8.11. The number of carbonyl (C=O) groups is 1. The van der Waals surface area contributed by atoms with Crippen molar-refractivity contribution in [2.24, 2.45) is 0 Å². The third-order valence-electron chi connectivity index (χ3n) is 12.5. The molecule has 1 amide bonds. The number of rotatable bonds is 51. The van der Waals surface area contributed by atoms with E-state index in [-0.39, 0.29) is 19.1 Å². The van der Waals surface area contributed by atoms with E-state index in [2.05, 4.69) is 55.6 Å². The smallest absolute Gasteiger partial charge is 0.387 e. The third kappa shape index (κ3) is 50.3. The summed E-state index contributed by atoms with van der Waals surface area (Å²) < 4.78 is 23.7. The lowest BCUT2D eigenvalue weighted by molar-refractivity contribution is -0.870. The standard InChI is InChI=1S/C57H109N2O6P/c1-6-8-10-12-14-16-18-20-22-24-26-28-29-31-33-35-37-39-41-43-45-47-49-51-57(61)58-55(54-65-66(62,63)64-53-52-59(3,4)5)56(60)50-48-46-44-42-40-38-36-34-32-30-27-25-23-21-19-17-15-13-11-9-7-2/h18,20,24,26,29,31,48,50,55-56,60H,6-17,19,21-23,25,27-28,30,32-47,49,51-54H2,1-5H3,(H-,58,61,62,63)/p+1/b20-18-,26-24-,31-29-,50-48+. The van der Waals surface area contributed by atoms with Gasteiger partial charge in [-0.15, -0.1) is 0 Å². The maximum absolute atomic E-state index is 13.0. The van der Waals surface area contributed by atoms with Gasteiger partial charge in [0.05, 0.1) is 39.9 Å². The zero-order valence-corrected chi connectivity index (χ0v) is 45.1. The minimum atomic E-state index is -4.35. The summed E-state index contributed by atoms with van der Waals surface area (Å²) in [5.41, 5.74) is 0. The minimum Gasteiger partial charge on any atom is -0.387 e. The summed E-state index contributed by atoms with van der Waals surface area (Å²) in [6, 6.07) is -0.852. The predicted molar refractivity (Wildman–Crippen MR) is 286 cm³/mol. The van der Waals surface area contributed by atoms with Crippen LogP contribution in [0.4, 0.5) is 0 Å². The summed E-state index contributed by atoms with van der Waals surface area (Å²) in [7, 11) is 1.57. The van der Waals surface area contributed by atoms with Crippen LogP contribution in [0.2, 0.25) is 0 Å². The molecule has 3 atom stereocenters. The van der Waals surface area contributed by atoms with Gasteiger partial charge in [0.25, 0.3) is 0 Å². The molecule has 3 N–H and O–H groups in total. The average Bonchev–Trinajstić information content (AvgIpc) is 3.28. The number of quaternary nitrogens is 1. The van der Waals surface area contributed by atoms with Gasteiger partial charge in [-0.25, -0.2) is 4.57 Å². The van der Waals surface area contributed by atoms with Gasteiger partial charge >= 0.3 is 7.82 Å². The Morgan fingerprint density at radius 2 is 0.864 bits per heavy atom. The monoisotopic (exact) mass is 950 g/mol. The molecular weight excluding hydrogens is 840 g/mol. The summed E-state index contributed by atoms with van der Waals surface area (Å²) in [5.74, 6) is -0.183. The van der Waals surface area contributed by atoms with Crippen molar-refractivity contribution in [1.29, 1.82) is 0 Å². The Morgan fingerprint density at radius 3 is 1.26 bits per heavy atom. The SMILES string of the molecule is CCCCCCC/C=C\C/C=C\C/C=C\CCCCCCCCCCC(=O)NC(COP(=O)(O)OCC[N+](C)(C)C)C(O)/C=C/CCCCCCCCCCCCCCCCCCCCC. The number of hydrogen-bond donors (Lipinski definition) is 3. The summed E-state index contributed by atoms with van der Waals surface area (Å²) in [5, 5.41) is 13.9. The van der Waals surface area contributed by atoms with Gasteiger partial charge in [-0.3, -0.25) is 13.8 Å². The molecule has 0 spiro atoms. The molecule has 0 aliphatic rings. The molecule has 0 aliphatic heterocycles. The predicted octanol–water partition coefficient (Wildman–Crippen LogP) is 16.8. The molecule has 8 nitrogen and oxygen atoms in total. The molecule has 66 heavy (non-hydrogen) atoms. The van der Waals surface area contributed by atoms with Gasteiger partial charge in [0, 0.05) is 6.42 Å². The number of nitrogens with one attached hydrogen (secondary N) is 1. The largest absolute Gasteiger partial charge is 0.472 e. The van der Waals surface area contributed by atoms with Crippen LogP contribution >= 0.6 is 7.82 Å². The van der Waals surface area contributed by atoms with Gasteiger partial charge in [-0.1, -0.05) is 242 Å². The van der Waals surface area contributed by atoms with E-state index < -0.39 is 20.0 Å². The first kappa shape index (κ1) is 64.5. The highest BCUT2D eigenvalue weighted by molar-refractivity contribution is 7.47. The molecule has 3 unspecified atom stereocenters. The topological polar surface area (TPSA) is 105 Å². The second-order valence-corrected chi connectivity index (χ2v) is 21.8. The van der Waals surface area contributed by atoms with Gasteiger partial charge in [0.15, 0.2) is 0 Å². The van der Waals surface area contributed by atoms with Crippen LogP contribution in [0.1, 0.15) is 258 Å². The number of phosphoric ester groups is 1. The van der Waals surface area contributed by atoms with Crippen LogP contribution < -0.4 is 5.32 Å². The van der Waals surface area contributed by atoms with Crippen molar-refractivity contribution >= 4 is 13.7 Å². The van der Waals surface area contributed by atoms with Crippen LogP contribution in [0.25, 0.3) is 0 Å². The van der Waals surface area contributed by atoms with Crippen molar-refractivity contribution in [2.75, 3.05) is 40.9 Å². The molecule has 388 valence electrons. The van der Waals surface area contributed by atoms with E-state index >= 15 is 0 Å². The van der Waals surface area contributed by atoms with E-state index in [0.717, 1.165) is 57.8 Å². The van der Waals surface area contributed by atoms with Crippen molar-refractivity contribution in [1.82, 2.24) is 5.32 Å². The lowest BCUT2D eigenvalue weighted by Gasteiger charge is -2.25. The van der Waals surface area contributed by atoms with Gasteiger partial charge in [0.1, 0.15) is 13.2 Å². The Kier molecular flexibility index (Phi) is 47.4. The molecule has 0 aromatic heterocycles. The first-order valence-corrected chi connectivity index (χ1v) is 29.5. The maximum atomic E-state index is 13.0. The van der Waals surface area contributed by atoms with Crippen LogP contribution in [0, 0.1) is 0 Å². The van der Waals surface area contributed by atoms with Crippen molar-refractivity contribution in [3.8, 4) is 0 Å². The number of hydrogen-bond acceptors (Lipinski definition) is 5. The molecule has 0 heterocycles. The van der Waals surface area contributed by atoms with Crippen LogP contribution in [-0.2, 0) is 18.4 Å². The third-order valence-corrected chi connectivity index (χ3v) is 13.5. The molecule has 0 bridgehead atoms. The number of allylic oxidation sites excluding steroid dienone is 7. The number of nitrogens with zero attached hydrogens (tertiary/aromatic N) is 1. The number of carbonyl (C=O) groups excluding carboxylic acids is 1. The second-order valence-electron chi connectivity index (χ2n) is 20.3. The Bertz CT molecular complexity index is 1210. The van der Waals surface area contributed by atoms with Gasteiger partial charge in [-0.05, 0) is 57.8 Å².